The lowest BCUT2D eigenvalue weighted by atomic mass is 10.0. The van der Waals surface area contributed by atoms with E-state index in [1.807, 2.05) is 41.3 Å². The van der Waals surface area contributed by atoms with Gasteiger partial charge in [-0.15, -0.1) is 0 Å². The number of carbonyl (C=O) groups is 2. The summed E-state index contributed by atoms with van der Waals surface area (Å²) in [6, 6.07) is 21.0. The quantitative estimate of drug-likeness (QED) is 0.646. The first-order valence-corrected chi connectivity index (χ1v) is 12.2. The van der Waals surface area contributed by atoms with Gasteiger partial charge in [0.25, 0.3) is 5.91 Å². The molecular formula is C28H31N3O3. The van der Waals surface area contributed by atoms with Gasteiger partial charge in [0.1, 0.15) is 11.8 Å². The Morgan fingerprint density at radius 1 is 0.824 bits per heavy atom. The average molecular weight is 458 g/mol. The first-order valence-electron chi connectivity index (χ1n) is 12.2. The molecule has 2 aliphatic rings. The van der Waals surface area contributed by atoms with Gasteiger partial charge < -0.3 is 14.9 Å². The van der Waals surface area contributed by atoms with Gasteiger partial charge in [-0.05, 0) is 36.3 Å². The molecule has 2 fully saturated rings. The number of nitrogens with zero attached hydrogens (tertiary/aromatic N) is 3. The van der Waals surface area contributed by atoms with Crippen molar-refractivity contribution < 1.29 is 14.7 Å². The third-order valence-corrected chi connectivity index (χ3v) is 7.08. The van der Waals surface area contributed by atoms with Gasteiger partial charge in [-0.1, -0.05) is 60.7 Å². The molecule has 34 heavy (non-hydrogen) atoms. The van der Waals surface area contributed by atoms with Crippen LogP contribution >= 0.6 is 0 Å². The number of phenolic OH excluding ortho intramolecular Hbond substituents is 1. The fraction of sp³-hybridized carbons (Fsp3) is 0.357. The summed E-state index contributed by atoms with van der Waals surface area (Å²) >= 11 is 0. The predicted molar refractivity (Wildman–Crippen MR) is 133 cm³/mol. The molecular weight excluding hydrogens is 426 g/mol. The maximum absolute atomic E-state index is 13.5. The summed E-state index contributed by atoms with van der Waals surface area (Å²) in [5.74, 6) is -0.236. The third kappa shape index (κ3) is 4.50. The van der Waals surface area contributed by atoms with Crippen LogP contribution in [0.1, 0.15) is 35.2 Å². The number of rotatable bonds is 4. The Kier molecular flexibility index (Phi) is 6.50. The second-order valence-electron chi connectivity index (χ2n) is 9.28. The molecule has 1 N–H and O–H groups in total. The van der Waals surface area contributed by atoms with Gasteiger partial charge in [-0.25, -0.2) is 0 Å². The second-order valence-corrected chi connectivity index (χ2v) is 9.28. The molecule has 1 atom stereocenters. The zero-order chi connectivity index (χ0) is 23.5. The SMILES string of the molecule is O=C(C1CCCN1C(=O)c1ccc2ccccc2c1O)N1CCCN(Cc2ccccc2)CC1. The third-order valence-electron chi connectivity index (χ3n) is 7.08. The van der Waals surface area contributed by atoms with Crippen LogP contribution in [0.2, 0.25) is 0 Å². The molecule has 176 valence electrons. The van der Waals surface area contributed by atoms with Crippen LogP contribution in [0, 0.1) is 0 Å². The van der Waals surface area contributed by atoms with Crippen molar-refractivity contribution in [3.63, 3.8) is 0 Å². The van der Waals surface area contributed by atoms with E-state index < -0.39 is 6.04 Å². The number of aromatic hydroxyl groups is 1. The summed E-state index contributed by atoms with van der Waals surface area (Å²) in [7, 11) is 0. The van der Waals surface area contributed by atoms with E-state index in [0.29, 0.717) is 31.4 Å². The number of fused-ring (bicyclic) bond motifs is 1. The molecule has 0 saturated carbocycles. The first-order chi connectivity index (χ1) is 16.6. The fourth-order valence-electron chi connectivity index (χ4n) is 5.25. The number of hydrogen-bond donors (Lipinski definition) is 1. The fourth-order valence-corrected chi connectivity index (χ4v) is 5.25. The van der Waals surface area contributed by atoms with Gasteiger partial charge in [-0.2, -0.15) is 0 Å². The van der Waals surface area contributed by atoms with Gasteiger partial charge in [0, 0.05) is 44.7 Å². The predicted octanol–water partition coefficient (Wildman–Crippen LogP) is 3.88. The van der Waals surface area contributed by atoms with Gasteiger partial charge in [0.2, 0.25) is 5.91 Å². The Balaban J connectivity index is 1.27. The van der Waals surface area contributed by atoms with E-state index in [2.05, 4.69) is 29.2 Å². The van der Waals surface area contributed by atoms with Crippen molar-refractivity contribution in [1.29, 1.82) is 0 Å². The van der Waals surface area contributed by atoms with E-state index in [4.69, 9.17) is 0 Å². The number of carbonyl (C=O) groups excluding carboxylic acids is 2. The lowest BCUT2D eigenvalue weighted by Gasteiger charge is -2.30. The largest absolute Gasteiger partial charge is 0.506 e. The average Bonchev–Trinajstić information content (AvgIpc) is 3.25. The minimum absolute atomic E-state index is 0.00692. The molecule has 2 amide bonds. The van der Waals surface area contributed by atoms with Crippen LogP contribution in [0.25, 0.3) is 10.8 Å². The number of phenols is 1. The molecule has 6 heteroatoms. The molecule has 0 radical (unpaired) electrons. The molecule has 6 nitrogen and oxygen atoms in total. The number of hydrogen-bond acceptors (Lipinski definition) is 4. The maximum atomic E-state index is 13.5. The van der Waals surface area contributed by atoms with Crippen molar-refractivity contribution in [2.24, 2.45) is 0 Å². The molecule has 0 aliphatic carbocycles. The van der Waals surface area contributed by atoms with Gasteiger partial charge in [0.15, 0.2) is 0 Å². The number of likely N-dealkylation sites (tertiary alicyclic amines) is 1. The van der Waals surface area contributed by atoms with E-state index in [0.717, 1.165) is 37.9 Å². The van der Waals surface area contributed by atoms with Gasteiger partial charge in [0.05, 0.1) is 5.56 Å². The molecule has 2 heterocycles. The Labute approximate surface area is 200 Å². The van der Waals surface area contributed by atoms with Crippen LogP contribution in [0.3, 0.4) is 0 Å². The highest BCUT2D eigenvalue weighted by molar-refractivity contribution is 6.05. The molecule has 2 saturated heterocycles. The Hall–Kier alpha value is -3.38. The standard InChI is InChI=1S/C28H31N3O3/c32-26-23-11-5-4-10-22(23)13-14-24(26)27(33)31-17-6-12-25(31)28(34)30-16-7-15-29(18-19-30)20-21-8-2-1-3-9-21/h1-5,8-11,13-14,25,32H,6-7,12,15-20H2. The van der Waals surface area contributed by atoms with Crippen molar-refractivity contribution in [2.45, 2.75) is 31.8 Å². The number of amides is 2. The zero-order valence-electron chi connectivity index (χ0n) is 19.4. The van der Waals surface area contributed by atoms with Crippen LogP contribution in [-0.4, -0.2) is 70.4 Å². The molecule has 3 aromatic rings. The van der Waals surface area contributed by atoms with Gasteiger partial charge in [-0.3, -0.25) is 14.5 Å². The Morgan fingerprint density at radius 2 is 1.62 bits per heavy atom. The molecule has 5 rings (SSSR count). The topological polar surface area (TPSA) is 64.1 Å². The smallest absolute Gasteiger partial charge is 0.258 e. The van der Waals surface area contributed by atoms with E-state index in [1.54, 1.807) is 11.0 Å². The van der Waals surface area contributed by atoms with Crippen LogP contribution in [-0.2, 0) is 11.3 Å². The first kappa shape index (κ1) is 22.4. The van der Waals surface area contributed by atoms with E-state index >= 15 is 0 Å². The van der Waals surface area contributed by atoms with Crippen molar-refractivity contribution in [2.75, 3.05) is 32.7 Å². The lowest BCUT2D eigenvalue weighted by Crippen LogP contribution is -2.48. The van der Waals surface area contributed by atoms with Gasteiger partial charge >= 0.3 is 0 Å². The van der Waals surface area contributed by atoms with Crippen LogP contribution in [0.15, 0.2) is 66.7 Å². The van der Waals surface area contributed by atoms with Crippen molar-refractivity contribution in [3.05, 3.63) is 77.9 Å². The minimum Gasteiger partial charge on any atom is -0.506 e. The molecule has 1 unspecified atom stereocenters. The normalized spacial score (nSPS) is 19.4. The Bertz CT molecular complexity index is 1180. The van der Waals surface area contributed by atoms with Crippen molar-refractivity contribution in [3.8, 4) is 5.75 Å². The van der Waals surface area contributed by atoms with Crippen LogP contribution in [0.4, 0.5) is 0 Å². The molecule has 0 spiro atoms. The highest BCUT2D eigenvalue weighted by atomic mass is 16.3. The summed E-state index contributed by atoms with van der Waals surface area (Å²) < 4.78 is 0. The summed E-state index contributed by atoms with van der Waals surface area (Å²) in [5.41, 5.74) is 1.55. The summed E-state index contributed by atoms with van der Waals surface area (Å²) in [5, 5.41) is 12.3. The van der Waals surface area contributed by atoms with E-state index in [-0.39, 0.29) is 23.1 Å². The van der Waals surface area contributed by atoms with Crippen LogP contribution < -0.4 is 0 Å². The summed E-state index contributed by atoms with van der Waals surface area (Å²) in [6.45, 7) is 4.59. The van der Waals surface area contributed by atoms with Crippen LogP contribution in [0.5, 0.6) is 5.75 Å². The maximum Gasteiger partial charge on any atom is 0.258 e. The molecule has 0 bridgehead atoms. The minimum atomic E-state index is -0.459. The number of benzene rings is 3. The molecule has 3 aromatic carbocycles. The monoisotopic (exact) mass is 457 g/mol. The van der Waals surface area contributed by atoms with Crippen molar-refractivity contribution in [1.82, 2.24) is 14.7 Å². The van der Waals surface area contributed by atoms with E-state index in [9.17, 15) is 14.7 Å². The zero-order valence-corrected chi connectivity index (χ0v) is 19.4. The van der Waals surface area contributed by atoms with E-state index in [1.165, 1.54) is 5.56 Å². The lowest BCUT2D eigenvalue weighted by molar-refractivity contribution is -0.135. The highest BCUT2D eigenvalue weighted by Crippen LogP contribution is 2.31. The summed E-state index contributed by atoms with van der Waals surface area (Å²) in [4.78, 5) is 32.9. The molecule has 2 aliphatic heterocycles. The highest BCUT2D eigenvalue weighted by Gasteiger charge is 2.38. The Morgan fingerprint density at radius 3 is 2.47 bits per heavy atom. The molecule has 0 aromatic heterocycles. The summed E-state index contributed by atoms with van der Waals surface area (Å²) in [6.07, 6.45) is 2.39. The second kappa shape index (κ2) is 9.85. The van der Waals surface area contributed by atoms with Crippen molar-refractivity contribution >= 4 is 22.6 Å².